The fourth-order valence-electron chi connectivity index (χ4n) is 2.55. The highest BCUT2D eigenvalue weighted by molar-refractivity contribution is 5.73. The van der Waals surface area contributed by atoms with Crippen molar-refractivity contribution in [3.8, 4) is 0 Å². The zero-order valence-corrected chi connectivity index (χ0v) is 12.7. The van der Waals surface area contributed by atoms with Gasteiger partial charge in [0, 0.05) is 0 Å². The molecule has 0 amide bonds. The average molecular weight is 297 g/mol. The minimum atomic E-state index is -0.377. The first-order valence-electron chi connectivity index (χ1n) is 7.40. The van der Waals surface area contributed by atoms with Crippen molar-refractivity contribution in [2.75, 3.05) is 0 Å². The number of aliphatic hydroxyl groups is 1. The van der Waals surface area contributed by atoms with E-state index >= 15 is 0 Å². The molecule has 3 rings (SSSR count). The van der Waals surface area contributed by atoms with Crippen molar-refractivity contribution in [3.05, 3.63) is 69.7 Å². The molecule has 0 aliphatic heterocycles. The van der Waals surface area contributed by atoms with Crippen molar-refractivity contribution in [2.45, 2.75) is 32.9 Å². The third-order valence-electron chi connectivity index (χ3n) is 3.90. The molecule has 1 N–H and O–H groups in total. The van der Waals surface area contributed by atoms with Crippen LogP contribution < -0.4 is 5.76 Å². The van der Waals surface area contributed by atoms with Crippen LogP contribution in [0.1, 0.15) is 36.5 Å². The minimum absolute atomic E-state index is 0.0571. The molecule has 114 valence electrons. The normalized spacial score (nSPS) is 11.5. The topological polar surface area (TPSA) is 55.4 Å². The van der Waals surface area contributed by atoms with E-state index in [0.717, 1.165) is 11.1 Å². The van der Waals surface area contributed by atoms with Crippen LogP contribution in [0.15, 0.2) is 51.7 Å². The van der Waals surface area contributed by atoms with Gasteiger partial charge in [0.1, 0.15) is 0 Å². The van der Waals surface area contributed by atoms with Crippen LogP contribution in [-0.4, -0.2) is 9.67 Å². The summed E-state index contributed by atoms with van der Waals surface area (Å²) < 4.78 is 6.85. The van der Waals surface area contributed by atoms with Gasteiger partial charge in [-0.15, -0.1) is 0 Å². The van der Waals surface area contributed by atoms with Crippen molar-refractivity contribution in [2.24, 2.45) is 0 Å². The van der Waals surface area contributed by atoms with Gasteiger partial charge in [-0.1, -0.05) is 44.2 Å². The van der Waals surface area contributed by atoms with E-state index in [4.69, 9.17) is 4.42 Å². The van der Waals surface area contributed by atoms with Gasteiger partial charge < -0.3 is 9.52 Å². The van der Waals surface area contributed by atoms with Gasteiger partial charge in [-0.3, -0.25) is 4.57 Å². The molecule has 0 bridgehead atoms. The first kappa shape index (κ1) is 14.6. The molecule has 0 aliphatic carbocycles. The van der Waals surface area contributed by atoms with Crippen molar-refractivity contribution < 1.29 is 9.52 Å². The third kappa shape index (κ3) is 2.70. The molecule has 0 spiro atoms. The highest BCUT2D eigenvalue weighted by Crippen LogP contribution is 2.18. The summed E-state index contributed by atoms with van der Waals surface area (Å²) in [5.41, 5.74) is 4.34. The number of aromatic nitrogens is 1. The van der Waals surface area contributed by atoms with Crippen LogP contribution in [0.3, 0.4) is 0 Å². The number of oxazole rings is 1. The Kier molecular flexibility index (Phi) is 3.86. The molecule has 1 aromatic heterocycles. The predicted molar refractivity (Wildman–Crippen MR) is 86.0 cm³/mol. The summed E-state index contributed by atoms with van der Waals surface area (Å²) >= 11 is 0. The Morgan fingerprint density at radius 3 is 2.41 bits per heavy atom. The number of aliphatic hydroxyl groups excluding tert-OH is 1. The van der Waals surface area contributed by atoms with E-state index < -0.39 is 0 Å². The lowest BCUT2D eigenvalue weighted by Gasteiger charge is -2.07. The third-order valence-corrected chi connectivity index (χ3v) is 3.90. The van der Waals surface area contributed by atoms with Gasteiger partial charge in [0.2, 0.25) is 0 Å². The fourth-order valence-corrected chi connectivity index (χ4v) is 2.55. The number of hydrogen-bond acceptors (Lipinski definition) is 3. The van der Waals surface area contributed by atoms with Crippen molar-refractivity contribution >= 4 is 11.1 Å². The molecular weight excluding hydrogens is 278 g/mol. The van der Waals surface area contributed by atoms with Gasteiger partial charge in [0.25, 0.3) is 0 Å². The second-order valence-electron chi connectivity index (χ2n) is 5.81. The Labute approximate surface area is 128 Å². The van der Waals surface area contributed by atoms with Crippen LogP contribution >= 0.6 is 0 Å². The number of fused-ring (bicyclic) bond motifs is 1. The molecule has 22 heavy (non-hydrogen) atoms. The minimum Gasteiger partial charge on any atom is -0.408 e. The fraction of sp³-hybridized carbons (Fsp3) is 0.278. The van der Waals surface area contributed by atoms with E-state index in [0.29, 0.717) is 23.6 Å². The lowest BCUT2D eigenvalue weighted by molar-refractivity contribution is 0.282. The Balaban J connectivity index is 1.99. The first-order chi connectivity index (χ1) is 10.6. The summed E-state index contributed by atoms with van der Waals surface area (Å²) in [5, 5.41) is 9.25. The standard InChI is InChI=1S/C18H19NO3/c1-12(2)15-6-3-13(4-7-15)10-19-16-9-14(11-20)5-8-17(16)22-18(19)21/h3-9,12,20H,10-11H2,1-2H3. The van der Waals surface area contributed by atoms with E-state index in [1.807, 2.05) is 12.1 Å². The molecule has 4 nitrogen and oxygen atoms in total. The van der Waals surface area contributed by atoms with E-state index in [2.05, 4.69) is 26.0 Å². The predicted octanol–water partition coefficient (Wildman–Crippen LogP) is 3.26. The second kappa shape index (κ2) is 5.81. The van der Waals surface area contributed by atoms with Crippen molar-refractivity contribution in [3.63, 3.8) is 0 Å². The Hall–Kier alpha value is -2.33. The summed E-state index contributed by atoms with van der Waals surface area (Å²) in [6, 6.07) is 13.5. The molecule has 0 unspecified atom stereocenters. The summed E-state index contributed by atoms with van der Waals surface area (Å²) in [4.78, 5) is 12.1. The van der Waals surface area contributed by atoms with Crippen LogP contribution in [0, 0.1) is 0 Å². The summed E-state index contributed by atoms with van der Waals surface area (Å²) in [7, 11) is 0. The number of hydrogen-bond donors (Lipinski definition) is 1. The van der Waals surface area contributed by atoms with Gasteiger partial charge in [-0.05, 0) is 34.7 Å². The number of nitrogens with zero attached hydrogens (tertiary/aromatic N) is 1. The average Bonchev–Trinajstić information content (AvgIpc) is 2.83. The molecule has 0 aliphatic rings. The highest BCUT2D eigenvalue weighted by atomic mass is 16.4. The van der Waals surface area contributed by atoms with E-state index in [9.17, 15) is 9.90 Å². The molecule has 1 heterocycles. The van der Waals surface area contributed by atoms with Crippen molar-refractivity contribution in [1.29, 1.82) is 0 Å². The quantitative estimate of drug-likeness (QED) is 0.804. The van der Waals surface area contributed by atoms with Crippen LogP contribution in [-0.2, 0) is 13.2 Å². The molecule has 4 heteroatoms. The molecular formula is C18H19NO3. The molecule has 0 atom stereocenters. The molecule has 3 aromatic rings. The van der Waals surface area contributed by atoms with E-state index in [1.165, 1.54) is 5.56 Å². The maximum Gasteiger partial charge on any atom is 0.420 e. The maximum absolute atomic E-state index is 12.1. The van der Waals surface area contributed by atoms with E-state index in [-0.39, 0.29) is 12.4 Å². The highest BCUT2D eigenvalue weighted by Gasteiger charge is 2.10. The van der Waals surface area contributed by atoms with Crippen LogP contribution in [0.2, 0.25) is 0 Å². The lowest BCUT2D eigenvalue weighted by atomic mass is 10.0. The van der Waals surface area contributed by atoms with Gasteiger partial charge in [0.15, 0.2) is 5.58 Å². The zero-order chi connectivity index (χ0) is 15.7. The Morgan fingerprint density at radius 2 is 1.77 bits per heavy atom. The van der Waals surface area contributed by atoms with Crippen LogP contribution in [0.5, 0.6) is 0 Å². The summed E-state index contributed by atoms with van der Waals surface area (Å²) in [6.07, 6.45) is 0. The SMILES string of the molecule is CC(C)c1ccc(Cn2c(=O)oc3ccc(CO)cc32)cc1. The smallest absolute Gasteiger partial charge is 0.408 e. The van der Waals surface area contributed by atoms with Gasteiger partial charge in [-0.2, -0.15) is 0 Å². The van der Waals surface area contributed by atoms with Crippen molar-refractivity contribution in [1.82, 2.24) is 4.57 Å². The monoisotopic (exact) mass is 297 g/mol. The van der Waals surface area contributed by atoms with Gasteiger partial charge in [-0.25, -0.2) is 4.79 Å². The summed E-state index contributed by atoms with van der Waals surface area (Å²) in [5.74, 6) is 0.108. The first-order valence-corrected chi connectivity index (χ1v) is 7.40. The largest absolute Gasteiger partial charge is 0.420 e. The summed E-state index contributed by atoms with van der Waals surface area (Å²) in [6.45, 7) is 4.70. The number of benzene rings is 2. The maximum atomic E-state index is 12.1. The van der Waals surface area contributed by atoms with Crippen LogP contribution in [0.4, 0.5) is 0 Å². The lowest BCUT2D eigenvalue weighted by Crippen LogP contribution is -2.14. The molecule has 0 radical (unpaired) electrons. The molecule has 0 saturated heterocycles. The van der Waals surface area contributed by atoms with E-state index in [1.54, 1.807) is 22.8 Å². The molecule has 0 fully saturated rings. The van der Waals surface area contributed by atoms with Gasteiger partial charge >= 0.3 is 5.76 Å². The Bertz CT molecular complexity index is 841. The number of rotatable bonds is 4. The Morgan fingerprint density at radius 1 is 1.09 bits per heavy atom. The molecule has 0 saturated carbocycles. The van der Waals surface area contributed by atoms with Crippen LogP contribution in [0.25, 0.3) is 11.1 Å². The second-order valence-corrected chi connectivity index (χ2v) is 5.81. The zero-order valence-electron chi connectivity index (χ0n) is 12.7. The van der Waals surface area contributed by atoms with Gasteiger partial charge in [0.05, 0.1) is 18.7 Å². The molecule has 2 aromatic carbocycles.